The Kier molecular flexibility index (Phi) is 5.05. The summed E-state index contributed by atoms with van der Waals surface area (Å²) in [5.41, 5.74) is 2.75. The van der Waals surface area contributed by atoms with Crippen molar-refractivity contribution in [1.82, 2.24) is 9.55 Å². The van der Waals surface area contributed by atoms with Crippen LogP contribution < -0.4 is 10.7 Å². The molecule has 0 saturated carbocycles. The first-order chi connectivity index (χ1) is 15.1. The van der Waals surface area contributed by atoms with E-state index in [1.165, 1.54) is 15.9 Å². The molecule has 0 spiro atoms. The topological polar surface area (TPSA) is 68.3 Å². The summed E-state index contributed by atoms with van der Waals surface area (Å²) in [7, 11) is 0. The number of rotatable bonds is 5. The molecule has 6 nitrogen and oxygen atoms in total. The van der Waals surface area contributed by atoms with Crippen LogP contribution in [0.2, 0.25) is 5.02 Å². The van der Waals surface area contributed by atoms with Crippen molar-refractivity contribution >= 4 is 55.3 Å². The molecule has 2 aromatic heterocycles. The molecular weight excluding hydrogens is 434 g/mol. The van der Waals surface area contributed by atoms with Crippen LogP contribution in [0, 0.1) is 0 Å². The molecule has 1 amide bonds. The van der Waals surface area contributed by atoms with Gasteiger partial charge in [-0.3, -0.25) is 14.3 Å². The SMILES string of the molecule is O=C(Cn1c(=O)oc2ccccc21)N(Cc1ccccc1)c1nc2ccc(Cl)cc2s1. The number of para-hydroxylation sites is 2. The number of benzene rings is 3. The number of halogens is 1. The van der Waals surface area contributed by atoms with E-state index in [0.29, 0.717) is 27.8 Å². The zero-order chi connectivity index (χ0) is 21.4. The number of thiazole rings is 1. The Morgan fingerprint density at radius 1 is 1.06 bits per heavy atom. The minimum Gasteiger partial charge on any atom is -0.408 e. The molecule has 154 valence electrons. The van der Waals surface area contributed by atoms with E-state index in [-0.39, 0.29) is 12.5 Å². The number of anilines is 1. The van der Waals surface area contributed by atoms with Crippen molar-refractivity contribution in [3.8, 4) is 0 Å². The second-order valence-corrected chi connectivity index (χ2v) is 8.44. The Hall–Kier alpha value is -3.42. The van der Waals surface area contributed by atoms with Gasteiger partial charge in [0.15, 0.2) is 10.7 Å². The van der Waals surface area contributed by atoms with Gasteiger partial charge in [-0.05, 0) is 35.9 Å². The predicted molar refractivity (Wildman–Crippen MR) is 123 cm³/mol. The first-order valence-electron chi connectivity index (χ1n) is 9.57. The van der Waals surface area contributed by atoms with Crippen LogP contribution in [-0.2, 0) is 17.9 Å². The fraction of sp³-hybridized carbons (Fsp3) is 0.0870. The van der Waals surface area contributed by atoms with Gasteiger partial charge in [-0.15, -0.1) is 0 Å². The largest absolute Gasteiger partial charge is 0.420 e. The molecule has 2 heterocycles. The summed E-state index contributed by atoms with van der Waals surface area (Å²) >= 11 is 7.50. The normalized spacial score (nSPS) is 11.3. The summed E-state index contributed by atoms with van der Waals surface area (Å²) in [4.78, 5) is 32.0. The molecule has 0 bridgehead atoms. The van der Waals surface area contributed by atoms with Crippen molar-refractivity contribution in [2.45, 2.75) is 13.1 Å². The van der Waals surface area contributed by atoms with Crippen LogP contribution in [0.4, 0.5) is 5.13 Å². The van der Waals surface area contributed by atoms with Crippen molar-refractivity contribution in [2.75, 3.05) is 4.90 Å². The van der Waals surface area contributed by atoms with Crippen LogP contribution in [0.5, 0.6) is 0 Å². The maximum atomic E-state index is 13.4. The molecule has 8 heteroatoms. The Morgan fingerprint density at radius 2 is 1.84 bits per heavy atom. The van der Waals surface area contributed by atoms with E-state index < -0.39 is 5.76 Å². The lowest BCUT2D eigenvalue weighted by molar-refractivity contribution is -0.119. The highest BCUT2D eigenvalue weighted by molar-refractivity contribution is 7.22. The maximum Gasteiger partial charge on any atom is 0.420 e. The summed E-state index contributed by atoms with van der Waals surface area (Å²) in [5, 5.41) is 1.16. The van der Waals surface area contributed by atoms with Gasteiger partial charge in [-0.25, -0.2) is 9.78 Å². The number of nitrogens with zero attached hydrogens (tertiary/aromatic N) is 3. The molecule has 0 N–H and O–H groups in total. The monoisotopic (exact) mass is 449 g/mol. The molecule has 31 heavy (non-hydrogen) atoms. The summed E-state index contributed by atoms with van der Waals surface area (Å²) < 4.78 is 7.51. The van der Waals surface area contributed by atoms with Gasteiger partial charge in [0, 0.05) is 5.02 Å². The fourth-order valence-electron chi connectivity index (χ4n) is 3.41. The predicted octanol–water partition coefficient (Wildman–Crippen LogP) is 5.09. The van der Waals surface area contributed by atoms with E-state index in [2.05, 4.69) is 4.98 Å². The molecule has 0 aliphatic carbocycles. The molecule has 0 aliphatic heterocycles. The van der Waals surface area contributed by atoms with E-state index in [4.69, 9.17) is 16.0 Å². The van der Waals surface area contributed by atoms with Crippen molar-refractivity contribution in [3.05, 3.63) is 93.9 Å². The molecule has 0 fully saturated rings. The second kappa shape index (κ2) is 8.02. The van der Waals surface area contributed by atoms with Crippen molar-refractivity contribution < 1.29 is 9.21 Å². The lowest BCUT2D eigenvalue weighted by atomic mass is 10.2. The second-order valence-electron chi connectivity index (χ2n) is 7.00. The first kappa shape index (κ1) is 19.5. The molecule has 0 aliphatic rings. The maximum absolute atomic E-state index is 13.4. The average Bonchev–Trinajstić information content (AvgIpc) is 3.33. The van der Waals surface area contributed by atoms with Gasteiger partial charge in [-0.2, -0.15) is 0 Å². The van der Waals surface area contributed by atoms with Gasteiger partial charge < -0.3 is 4.42 Å². The average molecular weight is 450 g/mol. The molecule has 0 radical (unpaired) electrons. The van der Waals surface area contributed by atoms with Crippen LogP contribution in [0.3, 0.4) is 0 Å². The summed E-state index contributed by atoms with van der Waals surface area (Å²) in [6.07, 6.45) is 0. The third kappa shape index (κ3) is 3.85. The van der Waals surface area contributed by atoms with Gasteiger partial charge in [0.25, 0.3) is 0 Å². The minimum atomic E-state index is -0.565. The Balaban J connectivity index is 1.54. The summed E-state index contributed by atoms with van der Waals surface area (Å²) in [6.45, 7) is 0.178. The van der Waals surface area contributed by atoms with Gasteiger partial charge in [0.2, 0.25) is 5.91 Å². The number of hydrogen-bond donors (Lipinski definition) is 0. The number of oxazole rings is 1. The van der Waals surface area contributed by atoms with Crippen LogP contribution in [0.25, 0.3) is 21.3 Å². The lowest BCUT2D eigenvalue weighted by Gasteiger charge is -2.20. The third-order valence-electron chi connectivity index (χ3n) is 4.92. The van der Waals surface area contributed by atoms with Crippen molar-refractivity contribution in [3.63, 3.8) is 0 Å². The zero-order valence-electron chi connectivity index (χ0n) is 16.2. The minimum absolute atomic E-state index is 0.153. The van der Waals surface area contributed by atoms with E-state index >= 15 is 0 Å². The van der Waals surface area contributed by atoms with E-state index in [0.717, 1.165) is 15.8 Å². The van der Waals surface area contributed by atoms with Crippen molar-refractivity contribution in [1.29, 1.82) is 0 Å². The fourth-order valence-corrected chi connectivity index (χ4v) is 4.67. The molecule has 3 aromatic carbocycles. The number of carbonyl (C=O) groups excluding carboxylic acids is 1. The Bertz CT molecular complexity index is 1460. The molecular formula is C23H16ClN3O3S. The van der Waals surface area contributed by atoms with Crippen LogP contribution in [0.1, 0.15) is 5.56 Å². The number of hydrogen-bond acceptors (Lipinski definition) is 5. The molecule has 0 unspecified atom stereocenters. The summed E-state index contributed by atoms with van der Waals surface area (Å²) in [5.74, 6) is -0.826. The molecule has 0 saturated heterocycles. The summed E-state index contributed by atoms with van der Waals surface area (Å²) in [6, 6.07) is 22.1. The van der Waals surface area contributed by atoms with Crippen LogP contribution in [-0.4, -0.2) is 15.5 Å². The smallest absolute Gasteiger partial charge is 0.408 e. The molecule has 0 atom stereocenters. The van der Waals surface area contributed by atoms with Crippen molar-refractivity contribution in [2.24, 2.45) is 0 Å². The van der Waals surface area contributed by atoms with Gasteiger partial charge in [-0.1, -0.05) is 65.4 Å². The lowest BCUT2D eigenvalue weighted by Crippen LogP contribution is -2.35. The highest BCUT2D eigenvalue weighted by Gasteiger charge is 2.23. The molecule has 5 aromatic rings. The highest BCUT2D eigenvalue weighted by atomic mass is 35.5. The third-order valence-corrected chi connectivity index (χ3v) is 6.20. The standard InChI is InChI=1S/C23H16ClN3O3S/c24-16-10-11-17-20(12-16)31-22(25-17)27(13-15-6-2-1-3-7-15)21(28)14-26-18-8-4-5-9-19(18)30-23(26)29/h1-12H,13-14H2. The van der Waals surface area contributed by atoms with Gasteiger partial charge in [0.1, 0.15) is 6.54 Å². The Morgan fingerprint density at radius 3 is 2.68 bits per heavy atom. The van der Waals surface area contributed by atoms with E-state index in [9.17, 15) is 9.59 Å². The van der Waals surface area contributed by atoms with Crippen LogP contribution >= 0.6 is 22.9 Å². The van der Waals surface area contributed by atoms with Crippen LogP contribution in [0.15, 0.2) is 82.0 Å². The quantitative estimate of drug-likeness (QED) is 0.374. The molecule has 5 rings (SSSR count). The number of aromatic nitrogens is 2. The number of fused-ring (bicyclic) bond motifs is 2. The van der Waals surface area contributed by atoms with Gasteiger partial charge in [0.05, 0.1) is 22.3 Å². The Labute approximate surface area is 185 Å². The van der Waals surface area contributed by atoms with E-state index in [1.807, 2.05) is 42.5 Å². The first-order valence-corrected chi connectivity index (χ1v) is 10.8. The highest BCUT2D eigenvalue weighted by Crippen LogP contribution is 2.32. The number of carbonyl (C=O) groups is 1. The van der Waals surface area contributed by atoms with E-state index in [1.54, 1.807) is 35.2 Å². The zero-order valence-corrected chi connectivity index (χ0v) is 17.8. The number of amides is 1. The van der Waals surface area contributed by atoms with Gasteiger partial charge >= 0.3 is 5.76 Å².